The molecule has 0 amide bonds. The number of aliphatic hydroxyl groups excluding tert-OH is 1. The summed E-state index contributed by atoms with van der Waals surface area (Å²) in [5.41, 5.74) is 6.42. The van der Waals surface area contributed by atoms with Crippen LogP contribution in [0.1, 0.15) is 39.5 Å². The third-order valence-corrected chi connectivity index (χ3v) is 3.95. The molecule has 1 N–H and O–H groups in total. The molecule has 0 radical (unpaired) electrons. The van der Waals surface area contributed by atoms with Gasteiger partial charge in [-0.05, 0) is 73.2 Å². The zero-order valence-corrected chi connectivity index (χ0v) is 12.5. The van der Waals surface area contributed by atoms with E-state index in [2.05, 4.69) is 26.0 Å². The standard InChI is InChI=1S/C17H19ClO/c1-10-5-6-14(18)9-16(10)17(19)15-8-12(3)11(2)7-13(15)4/h5-9,17,19H,1-4H3. The van der Waals surface area contributed by atoms with Crippen LogP contribution in [0.3, 0.4) is 0 Å². The van der Waals surface area contributed by atoms with Gasteiger partial charge in [-0.3, -0.25) is 0 Å². The first-order chi connectivity index (χ1) is 8.90. The molecule has 0 spiro atoms. The van der Waals surface area contributed by atoms with Crippen LogP contribution in [-0.2, 0) is 0 Å². The van der Waals surface area contributed by atoms with E-state index in [-0.39, 0.29) is 0 Å². The highest BCUT2D eigenvalue weighted by Crippen LogP contribution is 2.30. The van der Waals surface area contributed by atoms with Gasteiger partial charge in [-0.25, -0.2) is 0 Å². The monoisotopic (exact) mass is 274 g/mol. The van der Waals surface area contributed by atoms with E-state index >= 15 is 0 Å². The van der Waals surface area contributed by atoms with Gasteiger partial charge in [0.2, 0.25) is 0 Å². The number of hydrogen-bond acceptors (Lipinski definition) is 1. The summed E-state index contributed by atoms with van der Waals surface area (Å²) in [5.74, 6) is 0. The molecule has 1 unspecified atom stereocenters. The Morgan fingerprint density at radius 2 is 1.37 bits per heavy atom. The third kappa shape index (κ3) is 2.83. The van der Waals surface area contributed by atoms with Crippen LogP contribution < -0.4 is 0 Å². The summed E-state index contributed by atoms with van der Waals surface area (Å²) in [6.07, 6.45) is -0.627. The van der Waals surface area contributed by atoms with Gasteiger partial charge >= 0.3 is 0 Å². The van der Waals surface area contributed by atoms with Gasteiger partial charge in [-0.2, -0.15) is 0 Å². The van der Waals surface area contributed by atoms with Crippen molar-refractivity contribution in [2.75, 3.05) is 0 Å². The molecule has 0 aliphatic heterocycles. The van der Waals surface area contributed by atoms with Gasteiger partial charge in [-0.1, -0.05) is 29.8 Å². The summed E-state index contributed by atoms with van der Waals surface area (Å²) in [4.78, 5) is 0. The fourth-order valence-electron chi connectivity index (χ4n) is 2.35. The van der Waals surface area contributed by atoms with Crippen LogP contribution in [0, 0.1) is 27.7 Å². The lowest BCUT2D eigenvalue weighted by atomic mass is 9.92. The highest BCUT2D eigenvalue weighted by molar-refractivity contribution is 6.30. The van der Waals surface area contributed by atoms with Gasteiger partial charge in [0.1, 0.15) is 6.10 Å². The molecule has 0 bridgehead atoms. The molecule has 0 saturated carbocycles. The van der Waals surface area contributed by atoms with E-state index in [0.29, 0.717) is 5.02 Å². The topological polar surface area (TPSA) is 20.2 Å². The first-order valence-electron chi connectivity index (χ1n) is 6.42. The molecular formula is C17H19ClO. The molecule has 0 aromatic heterocycles. The smallest absolute Gasteiger partial charge is 0.105 e. The molecule has 2 heteroatoms. The minimum Gasteiger partial charge on any atom is -0.384 e. The van der Waals surface area contributed by atoms with Crippen molar-refractivity contribution in [3.05, 3.63) is 68.7 Å². The Morgan fingerprint density at radius 3 is 2.05 bits per heavy atom. The van der Waals surface area contributed by atoms with Crippen molar-refractivity contribution in [1.29, 1.82) is 0 Å². The van der Waals surface area contributed by atoms with Crippen molar-refractivity contribution in [3.63, 3.8) is 0 Å². The summed E-state index contributed by atoms with van der Waals surface area (Å²) >= 11 is 6.03. The Labute approximate surface area is 119 Å². The highest BCUT2D eigenvalue weighted by atomic mass is 35.5. The van der Waals surface area contributed by atoms with Gasteiger partial charge in [0, 0.05) is 5.02 Å². The second-order valence-electron chi connectivity index (χ2n) is 5.20. The van der Waals surface area contributed by atoms with Crippen LogP contribution in [-0.4, -0.2) is 5.11 Å². The van der Waals surface area contributed by atoms with Crippen LogP contribution in [0.5, 0.6) is 0 Å². The zero-order valence-electron chi connectivity index (χ0n) is 11.8. The van der Waals surface area contributed by atoms with Gasteiger partial charge < -0.3 is 5.11 Å². The number of rotatable bonds is 2. The molecule has 1 nitrogen and oxygen atoms in total. The van der Waals surface area contributed by atoms with Crippen molar-refractivity contribution in [1.82, 2.24) is 0 Å². The average Bonchev–Trinajstić information content (AvgIpc) is 2.36. The molecule has 0 aliphatic rings. The Morgan fingerprint density at radius 1 is 0.789 bits per heavy atom. The average molecular weight is 275 g/mol. The minimum absolute atomic E-state index is 0.627. The van der Waals surface area contributed by atoms with Crippen LogP contribution in [0.2, 0.25) is 5.02 Å². The van der Waals surface area contributed by atoms with E-state index in [1.165, 1.54) is 11.1 Å². The summed E-state index contributed by atoms with van der Waals surface area (Å²) in [7, 11) is 0. The van der Waals surface area contributed by atoms with Gasteiger partial charge in [0.25, 0.3) is 0 Å². The molecule has 0 saturated heterocycles. The van der Waals surface area contributed by atoms with Gasteiger partial charge in [-0.15, -0.1) is 0 Å². The van der Waals surface area contributed by atoms with Crippen molar-refractivity contribution in [2.45, 2.75) is 33.8 Å². The molecule has 2 aromatic carbocycles. The number of aryl methyl sites for hydroxylation is 4. The number of benzene rings is 2. The van der Waals surface area contributed by atoms with Gasteiger partial charge in [0.15, 0.2) is 0 Å². The van der Waals surface area contributed by atoms with Gasteiger partial charge in [0.05, 0.1) is 0 Å². The lowest BCUT2D eigenvalue weighted by Gasteiger charge is -2.18. The minimum atomic E-state index is -0.627. The Kier molecular flexibility index (Phi) is 3.98. The second kappa shape index (κ2) is 5.36. The Bertz CT molecular complexity index is 617. The van der Waals surface area contributed by atoms with Crippen LogP contribution in [0.15, 0.2) is 30.3 Å². The number of aliphatic hydroxyl groups is 1. The van der Waals surface area contributed by atoms with Crippen molar-refractivity contribution >= 4 is 11.6 Å². The molecule has 0 aliphatic carbocycles. The normalized spacial score (nSPS) is 12.5. The van der Waals surface area contributed by atoms with Crippen molar-refractivity contribution < 1.29 is 5.11 Å². The van der Waals surface area contributed by atoms with E-state index in [9.17, 15) is 5.11 Å². The quantitative estimate of drug-likeness (QED) is 0.845. The highest BCUT2D eigenvalue weighted by Gasteiger charge is 2.16. The molecule has 0 heterocycles. The molecule has 19 heavy (non-hydrogen) atoms. The molecule has 1 atom stereocenters. The largest absolute Gasteiger partial charge is 0.384 e. The number of hydrogen-bond donors (Lipinski definition) is 1. The van der Waals surface area contributed by atoms with Crippen molar-refractivity contribution in [3.8, 4) is 0 Å². The second-order valence-corrected chi connectivity index (χ2v) is 5.63. The summed E-state index contributed by atoms with van der Waals surface area (Å²) in [5, 5.41) is 11.3. The molecule has 100 valence electrons. The maximum absolute atomic E-state index is 10.6. The zero-order chi connectivity index (χ0) is 14.2. The molecular weight excluding hydrogens is 256 g/mol. The van der Waals surface area contributed by atoms with Crippen LogP contribution in [0.25, 0.3) is 0 Å². The first-order valence-corrected chi connectivity index (χ1v) is 6.80. The van der Waals surface area contributed by atoms with Crippen LogP contribution in [0.4, 0.5) is 0 Å². The summed E-state index contributed by atoms with van der Waals surface area (Å²) in [6, 6.07) is 9.82. The van der Waals surface area contributed by atoms with Crippen LogP contribution >= 0.6 is 11.6 Å². The fraction of sp³-hybridized carbons (Fsp3) is 0.294. The third-order valence-electron chi connectivity index (χ3n) is 3.71. The fourth-order valence-corrected chi connectivity index (χ4v) is 2.53. The predicted molar refractivity (Wildman–Crippen MR) is 80.9 cm³/mol. The maximum Gasteiger partial charge on any atom is 0.105 e. The lowest BCUT2D eigenvalue weighted by molar-refractivity contribution is 0.218. The first kappa shape index (κ1) is 14.1. The molecule has 2 aromatic rings. The summed E-state index contributed by atoms with van der Waals surface area (Å²) < 4.78 is 0. The molecule has 2 rings (SSSR count). The predicted octanol–water partition coefficient (Wildman–Crippen LogP) is 4.66. The van der Waals surface area contributed by atoms with E-state index < -0.39 is 6.10 Å². The van der Waals surface area contributed by atoms with E-state index in [0.717, 1.165) is 22.3 Å². The van der Waals surface area contributed by atoms with E-state index in [4.69, 9.17) is 11.6 Å². The maximum atomic E-state index is 10.6. The van der Waals surface area contributed by atoms with E-state index in [1.54, 1.807) is 0 Å². The SMILES string of the molecule is Cc1cc(C)c(C(O)c2cc(Cl)ccc2C)cc1C. The summed E-state index contributed by atoms with van der Waals surface area (Å²) in [6.45, 7) is 8.18. The Hall–Kier alpha value is -1.31. The molecule has 0 fully saturated rings. The number of halogens is 1. The van der Waals surface area contributed by atoms with E-state index in [1.807, 2.05) is 32.0 Å². The Balaban J connectivity index is 2.52. The lowest BCUT2D eigenvalue weighted by Crippen LogP contribution is -2.05. The van der Waals surface area contributed by atoms with Crippen molar-refractivity contribution in [2.24, 2.45) is 0 Å².